The maximum Gasteiger partial charge on any atom is 0.243 e. The Bertz CT molecular complexity index is 484. The predicted molar refractivity (Wildman–Crippen MR) is 91.9 cm³/mol. The number of aliphatic hydroxyl groups excluding tert-OH is 1. The van der Waals surface area contributed by atoms with Gasteiger partial charge in [-0.25, -0.2) is 0 Å². The first-order valence-electron chi connectivity index (χ1n) is 8.43. The first kappa shape index (κ1) is 17.9. The summed E-state index contributed by atoms with van der Waals surface area (Å²) in [7, 11) is 1.84. The molecular weight excluding hydrogens is 290 g/mol. The molecule has 2 rings (SSSR count). The number of carbonyl (C=O) groups is 1. The highest BCUT2D eigenvalue weighted by Crippen LogP contribution is 2.20. The molecule has 1 aromatic rings. The second-order valence-electron chi connectivity index (χ2n) is 6.70. The Kier molecular flexibility index (Phi) is 6.57. The maximum absolute atomic E-state index is 12.5. The molecule has 2 unspecified atom stereocenters. The number of nitrogens with zero attached hydrogens (tertiary/aromatic N) is 2. The Balaban J connectivity index is 1.80. The largest absolute Gasteiger partial charge is 0.392 e. The molecule has 1 aliphatic heterocycles. The lowest BCUT2D eigenvalue weighted by molar-refractivity contribution is -0.132. The van der Waals surface area contributed by atoms with E-state index in [1.54, 1.807) is 4.90 Å². The van der Waals surface area contributed by atoms with E-state index in [9.17, 15) is 9.90 Å². The monoisotopic (exact) mass is 319 g/mol. The SMILES string of the molecule is CC(O)CN1CCC(CN(C)C(=O)C(N)c2ccccc2)CC1. The number of benzene rings is 1. The fourth-order valence-corrected chi connectivity index (χ4v) is 3.24. The standard InChI is InChI=1S/C18H29N3O2/c1-14(22)12-21-10-8-15(9-11-21)13-20(2)18(23)17(19)16-6-4-3-5-7-16/h3-7,14-15,17,22H,8-13,19H2,1-2H3. The van der Waals surface area contributed by atoms with Gasteiger partial charge >= 0.3 is 0 Å². The summed E-state index contributed by atoms with van der Waals surface area (Å²) in [4.78, 5) is 16.5. The number of hydrogen-bond acceptors (Lipinski definition) is 4. The molecule has 1 saturated heterocycles. The Morgan fingerprint density at radius 3 is 2.52 bits per heavy atom. The summed E-state index contributed by atoms with van der Waals surface area (Å²) in [6, 6.07) is 8.93. The van der Waals surface area contributed by atoms with E-state index >= 15 is 0 Å². The number of carbonyl (C=O) groups excluding carboxylic acids is 1. The molecule has 0 aliphatic carbocycles. The Morgan fingerprint density at radius 2 is 1.96 bits per heavy atom. The zero-order valence-corrected chi connectivity index (χ0v) is 14.2. The van der Waals surface area contributed by atoms with Crippen molar-refractivity contribution in [3.63, 3.8) is 0 Å². The van der Waals surface area contributed by atoms with Crippen LogP contribution in [-0.4, -0.2) is 60.1 Å². The molecule has 1 heterocycles. The fraction of sp³-hybridized carbons (Fsp3) is 0.611. The third kappa shape index (κ3) is 5.30. The topological polar surface area (TPSA) is 69.8 Å². The maximum atomic E-state index is 12.5. The van der Waals surface area contributed by atoms with Crippen molar-refractivity contribution in [1.29, 1.82) is 0 Å². The molecule has 0 bridgehead atoms. The number of aliphatic hydroxyl groups is 1. The third-order valence-electron chi connectivity index (χ3n) is 4.56. The minimum atomic E-state index is -0.587. The molecule has 1 aromatic carbocycles. The minimum Gasteiger partial charge on any atom is -0.392 e. The first-order valence-corrected chi connectivity index (χ1v) is 8.43. The van der Waals surface area contributed by atoms with Gasteiger partial charge in [0.05, 0.1) is 6.10 Å². The number of rotatable bonds is 6. The van der Waals surface area contributed by atoms with Crippen LogP contribution in [0.25, 0.3) is 0 Å². The van der Waals surface area contributed by atoms with E-state index < -0.39 is 6.04 Å². The van der Waals surface area contributed by atoms with Crippen molar-refractivity contribution in [1.82, 2.24) is 9.80 Å². The van der Waals surface area contributed by atoms with Crippen molar-refractivity contribution in [2.45, 2.75) is 31.9 Å². The van der Waals surface area contributed by atoms with Crippen molar-refractivity contribution in [2.24, 2.45) is 11.7 Å². The molecule has 23 heavy (non-hydrogen) atoms. The fourth-order valence-electron chi connectivity index (χ4n) is 3.24. The summed E-state index contributed by atoms with van der Waals surface area (Å²) in [5.74, 6) is 0.486. The van der Waals surface area contributed by atoms with Crippen molar-refractivity contribution in [3.8, 4) is 0 Å². The van der Waals surface area contributed by atoms with Crippen LogP contribution in [0.4, 0.5) is 0 Å². The highest BCUT2D eigenvalue weighted by molar-refractivity contribution is 5.82. The lowest BCUT2D eigenvalue weighted by Crippen LogP contribution is -2.43. The van der Waals surface area contributed by atoms with Crippen molar-refractivity contribution < 1.29 is 9.90 Å². The quantitative estimate of drug-likeness (QED) is 0.828. The zero-order chi connectivity index (χ0) is 16.8. The van der Waals surface area contributed by atoms with Gasteiger partial charge in [0.15, 0.2) is 0 Å². The molecule has 0 aromatic heterocycles. The molecule has 1 amide bonds. The number of hydrogen-bond donors (Lipinski definition) is 2. The van der Waals surface area contributed by atoms with Crippen LogP contribution in [-0.2, 0) is 4.79 Å². The summed E-state index contributed by atoms with van der Waals surface area (Å²) in [5.41, 5.74) is 6.95. The van der Waals surface area contributed by atoms with Crippen LogP contribution in [0.2, 0.25) is 0 Å². The highest BCUT2D eigenvalue weighted by Gasteiger charge is 2.25. The number of piperidine rings is 1. The number of nitrogens with two attached hydrogens (primary N) is 1. The smallest absolute Gasteiger partial charge is 0.243 e. The molecule has 3 N–H and O–H groups in total. The van der Waals surface area contributed by atoms with E-state index in [-0.39, 0.29) is 12.0 Å². The third-order valence-corrected chi connectivity index (χ3v) is 4.56. The van der Waals surface area contributed by atoms with E-state index in [1.807, 2.05) is 44.3 Å². The summed E-state index contributed by atoms with van der Waals surface area (Å²) in [5, 5.41) is 9.45. The van der Waals surface area contributed by atoms with Crippen molar-refractivity contribution in [2.75, 3.05) is 33.2 Å². The van der Waals surface area contributed by atoms with Gasteiger partial charge in [-0.15, -0.1) is 0 Å². The van der Waals surface area contributed by atoms with Crippen LogP contribution in [0, 0.1) is 5.92 Å². The molecule has 5 nitrogen and oxygen atoms in total. The van der Waals surface area contributed by atoms with Crippen LogP contribution in [0.3, 0.4) is 0 Å². The predicted octanol–water partition coefficient (Wildman–Crippen LogP) is 1.24. The van der Waals surface area contributed by atoms with Gasteiger partial charge in [-0.2, -0.15) is 0 Å². The number of likely N-dealkylation sites (N-methyl/N-ethyl adjacent to an activating group) is 1. The number of amides is 1. The van der Waals surface area contributed by atoms with Gasteiger partial charge in [0.1, 0.15) is 6.04 Å². The Morgan fingerprint density at radius 1 is 1.35 bits per heavy atom. The molecule has 5 heteroatoms. The molecule has 128 valence electrons. The van der Waals surface area contributed by atoms with Crippen molar-refractivity contribution >= 4 is 5.91 Å². The molecule has 0 radical (unpaired) electrons. The summed E-state index contributed by atoms with van der Waals surface area (Å²) in [6.45, 7) is 5.29. The van der Waals surface area contributed by atoms with Gasteiger partial charge in [0, 0.05) is 20.1 Å². The lowest BCUT2D eigenvalue weighted by atomic mass is 9.95. The van der Waals surface area contributed by atoms with E-state index in [2.05, 4.69) is 4.90 Å². The van der Waals surface area contributed by atoms with Gasteiger partial charge in [0.25, 0.3) is 0 Å². The van der Waals surface area contributed by atoms with Gasteiger partial charge in [0.2, 0.25) is 5.91 Å². The van der Waals surface area contributed by atoms with E-state index in [0.717, 1.165) is 44.6 Å². The summed E-state index contributed by atoms with van der Waals surface area (Å²) >= 11 is 0. The molecular formula is C18H29N3O2. The first-order chi connectivity index (χ1) is 11.0. The number of β-amino-alcohol motifs (C(OH)–C–C–N with tert-alkyl or cyclic N) is 1. The summed E-state index contributed by atoms with van der Waals surface area (Å²) in [6.07, 6.45) is 1.84. The van der Waals surface area contributed by atoms with Gasteiger partial charge < -0.3 is 20.6 Å². The van der Waals surface area contributed by atoms with Gasteiger partial charge in [-0.05, 0) is 44.3 Å². The minimum absolute atomic E-state index is 0.0254. The van der Waals surface area contributed by atoms with Crippen LogP contribution < -0.4 is 5.73 Å². The second kappa shape index (κ2) is 8.43. The van der Waals surface area contributed by atoms with E-state index in [0.29, 0.717) is 5.92 Å². The molecule has 1 aliphatic rings. The van der Waals surface area contributed by atoms with E-state index in [1.165, 1.54) is 0 Å². The van der Waals surface area contributed by atoms with Crippen LogP contribution in [0.5, 0.6) is 0 Å². The van der Waals surface area contributed by atoms with Gasteiger partial charge in [-0.1, -0.05) is 30.3 Å². The normalized spacial score (nSPS) is 19.3. The van der Waals surface area contributed by atoms with Crippen molar-refractivity contribution in [3.05, 3.63) is 35.9 Å². The zero-order valence-electron chi connectivity index (χ0n) is 14.2. The average Bonchev–Trinajstić information content (AvgIpc) is 2.55. The van der Waals surface area contributed by atoms with Crippen LogP contribution >= 0.6 is 0 Å². The molecule has 0 saturated carbocycles. The Labute approximate surface area is 139 Å². The molecule has 1 fully saturated rings. The number of likely N-dealkylation sites (tertiary alicyclic amines) is 1. The summed E-state index contributed by atoms with van der Waals surface area (Å²) < 4.78 is 0. The van der Waals surface area contributed by atoms with Gasteiger partial charge in [-0.3, -0.25) is 4.79 Å². The highest BCUT2D eigenvalue weighted by atomic mass is 16.3. The van der Waals surface area contributed by atoms with E-state index in [4.69, 9.17) is 5.73 Å². The molecule has 2 atom stereocenters. The molecule has 0 spiro atoms. The lowest BCUT2D eigenvalue weighted by Gasteiger charge is -2.34. The van der Waals surface area contributed by atoms with Crippen LogP contribution in [0.15, 0.2) is 30.3 Å². The average molecular weight is 319 g/mol. The van der Waals surface area contributed by atoms with Crippen LogP contribution in [0.1, 0.15) is 31.4 Å². The Hall–Kier alpha value is -1.43. The second-order valence-corrected chi connectivity index (χ2v) is 6.70.